The fraction of sp³-hybridized carbons (Fsp3) is 0.333. The summed E-state index contributed by atoms with van der Waals surface area (Å²) in [5, 5.41) is 1.61. The summed E-state index contributed by atoms with van der Waals surface area (Å²) in [5.74, 6) is -0.221. The highest BCUT2D eigenvalue weighted by Gasteiger charge is 2.11. The number of ether oxygens (including phenoxy) is 1. The van der Waals surface area contributed by atoms with Gasteiger partial charge in [-0.2, -0.15) is 0 Å². The first-order valence-corrected chi connectivity index (χ1v) is 6.86. The van der Waals surface area contributed by atoms with Gasteiger partial charge in [0, 0.05) is 23.2 Å². The molecule has 0 aliphatic carbocycles. The number of esters is 1. The standard InChI is InChI=1S/C15H17ClN2O2/c1-3-20-14(19)10-18(2)9-11-6-7-13(16)12-5-4-8-17-15(11)12/h4-8H,3,9-10H2,1-2H3. The molecule has 2 aromatic rings. The predicted octanol–water partition coefficient (Wildman–Crippen LogP) is 2.88. The topological polar surface area (TPSA) is 42.4 Å². The summed E-state index contributed by atoms with van der Waals surface area (Å²) < 4.78 is 4.94. The molecule has 0 atom stereocenters. The third-order valence-corrected chi connectivity index (χ3v) is 3.27. The van der Waals surface area contributed by atoms with Gasteiger partial charge in [0.1, 0.15) is 0 Å². The zero-order valence-electron chi connectivity index (χ0n) is 11.6. The van der Waals surface area contributed by atoms with E-state index in [4.69, 9.17) is 16.3 Å². The van der Waals surface area contributed by atoms with Crippen LogP contribution in [0.15, 0.2) is 30.5 Å². The van der Waals surface area contributed by atoms with Crippen LogP contribution in [0.5, 0.6) is 0 Å². The first-order valence-electron chi connectivity index (χ1n) is 6.48. The molecule has 0 unspecified atom stereocenters. The van der Waals surface area contributed by atoms with Crippen molar-refractivity contribution in [3.8, 4) is 0 Å². The Kier molecular flexibility index (Phi) is 4.93. The number of aromatic nitrogens is 1. The number of hydrogen-bond donors (Lipinski definition) is 0. The quantitative estimate of drug-likeness (QED) is 0.795. The first kappa shape index (κ1) is 14.8. The number of fused-ring (bicyclic) bond motifs is 1. The Morgan fingerprint density at radius 1 is 1.40 bits per heavy atom. The first-order chi connectivity index (χ1) is 9.61. The molecule has 106 valence electrons. The van der Waals surface area contributed by atoms with Crippen LogP contribution in [0.4, 0.5) is 0 Å². The molecule has 0 aliphatic heterocycles. The molecule has 1 aromatic heterocycles. The van der Waals surface area contributed by atoms with Crippen molar-refractivity contribution in [1.82, 2.24) is 9.88 Å². The number of hydrogen-bond acceptors (Lipinski definition) is 4. The zero-order valence-corrected chi connectivity index (χ0v) is 12.4. The van der Waals surface area contributed by atoms with E-state index in [1.165, 1.54) is 0 Å². The maximum atomic E-state index is 11.5. The van der Waals surface area contributed by atoms with Crippen molar-refractivity contribution in [3.05, 3.63) is 41.0 Å². The van der Waals surface area contributed by atoms with Crippen LogP contribution >= 0.6 is 11.6 Å². The van der Waals surface area contributed by atoms with Gasteiger partial charge >= 0.3 is 5.97 Å². The van der Waals surface area contributed by atoms with E-state index in [0.717, 1.165) is 16.5 Å². The Hall–Kier alpha value is -1.65. The normalized spacial score (nSPS) is 11.0. The minimum atomic E-state index is -0.221. The second-order valence-corrected chi connectivity index (χ2v) is 4.99. The van der Waals surface area contributed by atoms with Crippen LogP contribution in [0, 0.1) is 0 Å². The van der Waals surface area contributed by atoms with Crippen molar-refractivity contribution in [1.29, 1.82) is 0 Å². The van der Waals surface area contributed by atoms with Gasteiger partial charge in [-0.25, -0.2) is 0 Å². The Morgan fingerprint density at radius 3 is 2.95 bits per heavy atom. The van der Waals surface area contributed by atoms with Gasteiger partial charge < -0.3 is 4.74 Å². The van der Waals surface area contributed by atoms with Gasteiger partial charge in [0.15, 0.2) is 0 Å². The highest BCUT2D eigenvalue weighted by molar-refractivity contribution is 6.35. The van der Waals surface area contributed by atoms with E-state index in [0.29, 0.717) is 18.2 Å². The molecule has 1 heterocycles. The summed E-state index contributed by atoms with van der Waals surface area (Å²) in [6, 6.07) is 7.61. The molecular weight excluding hydrogens is 276 g/mol. The van der Waals surface area contributed by atoms with Crippen LogP contribution in [-0.4, -0.2) is 36.1 Å². The number of benzene rings is 1. The summed E-state index contributed by atoms with van der Waals surface area (Å²) in [6.45, 7) is 3.07. The molecule has 5 heteroatoms. The monoisotopic (exact) mass is 292 g/mol. The fourth-order valence-electron chi connectivity index (χ4n) is 2.10. The third-order valence-electron chi connectivity index (χ3n) is 2.94. The van der Waals surface area contributed by atoms with Crippen molar-refractivity contribution in [2.75, 3.05) is 20.2 Å². The van der Waals surface area contributed by atoms with E-state index in [1.54, 1.807) is 13.1 Å². The Bertz CT molecular complexity index is 616. The van der Waals surface area contributed by atoms with Gasteiger partial charge in [-0.15, -0.1) is 0 Å². The van der Waals surface area contributed by atoms with Crippen LogP contribution in [-0.2, 0) is 16.1 Å². The van der Waals surface area contributed by atoms with E-state index < -0.39 is 0 Å². The average Bonchev–Trinajstić information content (AvgIpc) is 2.42. The van der Waals surface area contributed by atoms with Crippen molar-refractivity contribution in [2.24, 2.45) is 0 Å². The largest absolute Gasteiger partial charge is 0.465 e. The van der Waals surface area contributed by atoms with Crippen LogP contribution in [0.25, 0.3) is 10.9 Å². The maximum Gasteiger partial charge on any atom is 0.320 e. The lowest BCUT2D eigenvalue weighted by molar-refractivity contribution is -0.144. The molecule has 0 N–H and O–H groups in total. The molecule has 0 saturated carbocycles. The highest BCUT2D eigenvalue weighted by atomic mass is 35.5. The molecule has 0 spiro atoms. The summed E-state index contributed by atoms with van der Waals surface area (Å²) in [5.41, 5.74) is 1.91. The molecule has 2 rings (SSSR count). The number of pyridine rings is 1. The molecule has 0 saturated heterocycles. The smallest absolute Gasteiger partial charge is 0.320 e. The summed E-state index contributed by atoms with van der Waals surface area (Å²) >= 11 is 6.16. The Morgan fingerprint density at radius 2 is 2.20 bits per heavy atom. The molecule has 1 aromatic carbocycles. The third kappa shape index (κ3) is 3.46. The van der Waals surface area contributed by atoms with E-state index >= 15 is 0 Å². The Balaban J connectivity index is 2.18. The SMILES string of the molecule is CCOC(=O)CN(C)Cc1ccc(Cl)c2cccnc12. The van der Waals surface area contributed by atoms with E-state index in [9.17, 15) is 4.79 Å². The Labute approximate surface area is 123 Å². The number of carbonyl (C=O) groups is 1. The zero-order chi connectivity index (χ0) is 14.5. The van der Waals surface area contributed by atoms with Crippen LogP contribution in [0.1, 0.15) is 12.5 Å². The van der Waals surface area contributed by atoms with Gasteiger partial charge in [-0.3, -0.25) is 14.7 Å². The molecule has 0 aliphatic rings. The van der Waals surface area contributed by atoms with Gasteiger partial charge in [0.2, 0.25) is 0 Å². The molecule has 0 radical (unpaired) electrons. The van der Waals surface area contributed by atoms with Crippen molar-refractivity contribution in [2.45, 2.75) is 13.5 Å². The van der Waals surface area contributed by atoms with Crippen molar-refractivity contribution >= 4 is 28.5 Å². The van der Waals surface area contributed by atoms with Gasteiger partial charge in [0.05, 0.1) is 18.7 Å². The van der Waals surface area contributed by atoms with E-state index in [-0.39, 0.29) is 12.5 Å². The fourth-order valence-corrected chi connectivity index (χ4v) is 2.31. The molecule has 20 heavy (non-hydrogen) atoms. The number of carbonyl (C=O) groups excluding carboxylic acids is 1. The van der Waals surface area contributed by atoms with Crippen LogP contribution in [0.3, 0.4) is 0 Å². The maximum absolute atomic E-state index is 11.5. The number of halogens is 1. The molecule has 0 amide bonds. The van der Waals surface area contributed by atoms with Crippen LogP contribution in [0.2, 0.25) is 5.02 Å². The minimum absolute atomic E-state index is 0.221. The van der Waals surface area contributed by atoms with Gasteiger partial charge in [-0.05, 0) is 37.7 Å². The number of nitrogens with zero attached hydrogens (tertiary/aromatic N) is 2. The molecular formula is C15H17ClN2O2. The molecule has 0 fully saturated rings. The molecule has 0 bridgehead atoms. The van der Waals surface area contributed by atoms with Gasteiger partial charge in [0.25, 0.3) is 0 Å². The number of likely N-dealkylation sites (N-methyl/N-ethyl adjacent to an activating group) is 1. The second-order valence-electron chi connectivity index (χ2n) is 4.58. The van der Waals surface area contributed by atoms with Crippen molar-refractivity contribution in [3.63, 3.8) is 0 Å². The summed E-state index contributed by atoms with van der Waals surface area (Å²) in [4.78, 5) is 17.7. The predicted molar refractivity (Wildman–Crippen MR) is 79.7 cm³/mol. The van der Waals surface area contributed by atoms with Crippen molar-refractivity contribution < 1.29 is 9.53 Å². The highest BCUT2D eigenvalue weighted by Crippen LogP contribution is 2.25. The van der Waals surface area contributed by atoms with Gasteiger partial charge in [-0.1, -0.05) is 17.7 Å². The molecule has 4 nitrogen and oxygen atoms in total. The average molecular weight is 293 g/mol. The van der Waals surface area contributed by atoms with E-state index in [1.807, 2.05) is 36.2 Å². The lowest BCUT2D eigenvalue weighted by Gasteiger charge is -2.16. The van der Waals surface area contributed by atoms with Crippen LogP contribution < -0.4 is 0 Å². The second kappa shape index (κ2) is 6.68. The minimum Gasteiger partial charge on any atom is -0.465 e. The van der Waals surface area contributed by atoms with E-state index in [2.05, 4.69) is 4.98 Å². The lowest BCUT2D eigenvalue weighted by Crippen LogP contribution is -2.27. The number of rotatable bonds is 5. The summed E-state index contributed by atoms with van der Waals surface area (Å²) in [7, 11) is 1.88. The lowest BCUT2D eigenvalue weighted by atomic mass is 10.1. The summed E-state index contributed by atoms with van der Waals surface area (Å²) in [6.07, 6.45) is 1.74.